The van der Waals surface area contributed by atoms with Crippen molar-refractivity contribution in [1.29, 1.82) is 0 Å². The molecule has 0 bridgehead atoms. The van der Waals surface area contributed by atoms with Gasteiger partial charge in [0.05, 0.1) is 17.3 Å². The number of nitrogens with zero attached hydrogens (tertiary/aromatic N) is 1. The van der Waals surface area contributed by atoms with Gasteiger partial charge in [-0.1, -0.05) is 27.7 Å². The van der Waals surface area contributed by atoms with Gasteiger partial charge in [-0.3, -0.25) is 4.79 Å². The van der Waals surface area contributed by atoms with Gasteiger partial charge in [-0.05, 0) is 80.8 Å². The number of aliphatic hydroxyl groups excluding tert-OH is 1. The average molecular weight is 518 g/mol. The zero-order chi connectivity index (χ0) is 26.9. The molecule has 1 heterocycles. The molecule has 0 fully saturated rings. The normalized spacial score (nSPS) is 18.5. The monoisotopic (exact) mass is 517 g/mol. The highest BCUT2D eigenvalue weighted by Gasteiger charge is 2.36. The van der Waals surface area contributed by atoms with Crippen LogP contribution < -0.4 is 9.47 Å². The van der Waals surface area contributed by atoms with E-state index in [2.05, 4.69) is 46.1 Å². The first kappa shape index (κ1) is 28.9. The van der Waals surface area contributed by atoms with Gasteiger partial charge in [-0.25, -0.2) is 4.58 Å². The van der Waals surface area contributed by atoms with E-state index >= 15 is 0 Å². The number of ketones is 1. The second-order valence-electron chi connectivity index (χ2n) is 10.6. The zero-order valence-electron chi connectivity index (χ0n) is 23.5. The summed E-state index contributed by atoms with van der Waals surface area (Å²) in [6.45, 7) is 16.4. The van der Waals surface area contributed by atoms with Crippen molar-refractivity contribution in [2.24, 2.45) is 5.41 Å². The molecule has 0 saturated carbocycles. The van der Waals surface area contributed by atoms with E-state index in [1.54, 1.807) is 6.08 Å². The van der Waals surface area contributed by atoms with Crippen molar-refractivity contribution in [2.45, 2.75) is 61.0 Å². The fourth-order valence-electron chi connectivity index (χ4n) is 4.48. The topological polar surface area (TPSA) is 88.8 Å². The standard InChI is InChI=1S/C32H37NO4.H2O/c1-8-20(4)36-24-15-16-27-25(19-24)22(18-28(37-27)32(5,6)7)17-26-30(34)29(31(26)35)21-11-13-23(14-12-21)33(9-2)10-3;/h11-20H,8-10H2,1-7H3;1H2/b22-17+;. The highest BCUT2D eigenvalue weighted by Crippen LogP contribution is 2.43. The molecule has 1 aromatic carbocycles. The van der Waals surface area contributed by atoms with E-state index in [4.69, 9.17) is 9.47 Å². The van der Waals surface area contributed by atoms with Gasteiger partial charge < -0.3 is 20.1 Å². The third-order valence-electron chi connectivity index (χ3n) is 6.97. The molecular weight excluding hydrogens is 478 g/mol. The fourth-order valence-corrected chi connectivity index (χ4v) is 4.48. The minimum Gasteiger partial charge on any atom is -0.870 e. The maximum absolute atomic E-state index is 13.2. The van der Waals surface area contributed by atoms with Crippen LogP contribution in [0.25, 0.3) is 5.57 Å². The molecule has 1 aromatic rings. The third-order valence-corrected chi connectivity index (χ3v) is 6.97. The Kier molecular flexibility index (Phi) is 8.68. The lowest BCUT2D eigenvalue weighted by Crippen LogP contribution is -2.24. The Morgan fingerprint density at radius 3 is 2.29 bits per heavy atom. The van der Waals surface area contributed by atoms with Crippen molar-refractivity contribution in [3.8, 4) is 11.5 Å². The second kappa shape index (κ2) is 11.4. The van der Waals surface area contributed by atoms with Crippen LogP contribution in [0.3, 0.4) is 0 Å². The molecule has 1 unspecified atom stereocenters. The van der Waals surface area contributed by atoms with Crippen molar-refractivity contribution < 1.29 is 29.4 Å². The number of allylic oxidation sites excluding steroid dienone is 11. The molecular formula is C32H39NO5. The van der Waals surface area contributed by atoms with Crippen molar-refractivity contribution in [3.05, 3.63) is 88.5 Å². The van der Waals surface area contributed by atoms with Gasteiger partial charge in [0.25, 0.3) is 0 Å². The molecule has 4 rings (SSSR count). The lowest BCUT2D eigenvalue weighted by atomic mass is 9.81. The molecule has 6 heteroatoms. The maximum atomic E-state index is 13.2. The van der Waals surface area contributed by atoms with Gasteiger partial charge in [0.15, 0.2) is 5.71 Å². The number of carbonyl (C=O) groups excluding carboxylic acids is 1. The van der Waals surface area contributed by atoms with Crippen LogP contribution >= 0.6 is 0 Å². The second-order valence-corrected chi connectivity index (χ2v) is 10.6. The van der Waals surface area contributed by atoms with E-state index in [0.29, 0.717) is 16.9 Å². The maximum Gasteiger partial charge on any atom is 0.201 e. The minimum atomic E-state index is -0.230. The smallest absolute Gasteiger partial charge is 0.201 e. The molecule has 2 aliphatic carbocycles. The number of carbonyl (C=O) groups is 1. The number of benzene rings is 1. The first-order valence-electron chi connectivity index (χ1n) is 13.2. The largest absolute Gasteiger partial charge is 0.870 e. The summed E-state index contributed by atoms with van der Waals surface area (Å²) in [6.07, 6.45) is 12.5. The summed E-state index contributed by atoms with van der Waals surface area (Å²) < 4.78 is 14.5. The molecule has 0 aromatic heterocycles. The number of Topliss-reactive ketones (excluding diaryl/α,β-unsaturated/α-hetero) is 1. The van der Waals surface area contributed by atoms with E-state index in [9.17, 15) is 9.90 Å². The summed E-state index contributed by atoms with van der Waals surface area (Å²) in [7, 11) is 0. The van der Waals surface area contributed by atoms with Gasteiger partial charge in [0.1, 0.15) is 36.1 Å². The van der Waals surface area contributed by atoms with E-state index in [-0.39, 0.29) is 28.5 Å². The first-order valence-corrected chi connectivity index (χ1v) is 13.2. The zero-order valence-corrected chi connectivity index (χ0v) is 23.5. The molecule has 38 heavy (non-hydrogen) atoms. The molecule has 0 saturated heterocycles. The fraction of sp³-hybridized carbons (Fsp3) is 0.375. The van der Waals surface area contributed by atoms with Gasteiger partial charge in [0.2, 0.25) is 5.78 Å². The molecule has 0 amide bonds. The Bertz CT molecular complexity index is 1320. The number of ether oxygens (including phenoxy) is 2. The third kappa shape index (κ3) is 5.60. The van der Waals surface area contributed by atoms with Crippen molar-refractivity contribution in [3.63, 3.8) is 0 Å². The molecule has 0 spiro atoms. The van der Waals surface area contributed by atoms with Crippen LogP contribution in [-0.4, -0.2) is 45.8 Å². The van der Waals surface area contributed by atoms with Crippen LogP contribution in [0.4, 0.5) is 0 Å². The molecule has 1 atom stereocenters. The summed E-state index contributed by atoms with van der Waals surface area (Å²) in [5.41, 5.74) is 3.91. The number of hydrogen-bond acceptors (Lipinski definition) is 5. The van der Waals surface area contributed by atoms with Crippen LogP contribution in [0.1, 0.15) is 60.5 Å². The van der Waals surface area contributed by atoms with Gasteiger partial charge in [0, 0.05) is 23.1 Å². The predicted molar refractivity (Wildman–Crippen MR) is 151 cm³/mol. The van der Waals surface area contributed by atoms with Crippen LogP contribution in [0.5, 0.6) is 11.5 Å². The molecule has 6 nitrogen and oxygen atoms in total. The molecule has 0 radical (unpaired) electrons. The summed E-state index contributed by atoms with van der Waals surface area (Å²) in [5.74, 6) is 2.11. The number of hydrogen-bond donors (Lipinski definition) is 1. The summed E-state index contributed by atoms with van der Waals surface area (Å²) in [5, 5.41) is 11.0. The summed E-state index contributed by atoms with van der Waals surface area (Å²) in [4.78, 5) is 13.2. The van der Waals surface area contributed by atoms with E-state index in [1.807, 2.05) is 55.5 Å². The Morgan fingerprint density at radius 2 is 1.74 bits per heavy atom. The highest BCUT2D eigenvalue weighted by molar-refractivity contribution is 6.23. The number of rotatable bonds is 6. The summed E-state index contributed by atoms with van der Waals surface area (Å²) in [6, 6.07) is 5.76. The van der Waals surface area contributed by atoms with Crippen LogP contribution in [-0.2, 0) is 4.79 Å². The van der Waals surface area contributed by atoms with E-state index in [1.165, 1.54) is 0 Å². The van der Waals surface area contributed by atoms with Crippen LogP contribution in [0.15, 0.2) is 82.9 Å². The van der Waals surface area contributed by atoms with Crippen LogP contribution in [0.2, 0.25) is 0 Å². The van der Waals surface area contributed by atoms with Crippen LogP contribution in [0, 0.1) is 5.41 Å². The Hall–Kier alpha value is -3.64. The highest BCUT2D eigenvalue weighted by atomic mass is 16.5. The number of aliphatic hydroxyl groups is 1. The SMILES string of the molecule is CCC(C)Oc1ccc2c(c1)/C(=C/C1=C(O)C(=C3C=CC(=[N+](CC)CC)C=C3)C1=O)C=C(C(C)(C)C)O2.[OH-]. The van der Waals surface area contributed by atoms with Crippen molar-refractivity contribution in [2.75, 3.05) is 13.1 Å². The quantitative estimate of drug-likeness (QED) is 0.335. The van der Waals surface area contributed by atoms with Gasteiger partial charge in [-0.15, -0.1) is 0 Å². The summed E-state index contributed by atoms with van der Waals surface area (Å²) >= 11 is 0. The van der Waals surface area contributed by atoms with Crippen molar-refractivity contribution >= 4 is 17.1 Å². The molecule has 3 aliphatic rings. The number of fused-ring (bicyclic) bond motifs is 1. The molecule has 1 aliphatic heterocycles. The van der Waals surface area contributed by atoms with Gasteiger partial charge in [-0.2, -0.15) is 0 Å². The first-order chi connectivity index (χ1) is 17.6. The minimum absolute atomic E-state index is 0. The molecule has 2 N–H and O–H groups in total. The molecule has 202 valence electrons. The lowest BCUT2D eigenvalue weighted by Gasteiger charge is -2.29. The lowest BCUT2D eigenvalue weighted by molar-refractivity contribution is -0.519. The Morgan fingerprint density at radius 1 is 1.08 bits per heavy atom. The van der Waals surface area contributed by atoms with Gasteiger partial charge >= 0.3 is 0 Å². The van der Waals surface area contributed by atoms with Crippen molar-refractivity contribution in [1.82, 2.24) is 0 Å². The predicted octanol–water partition coefficient (Wildman–Crippen LogP) is 6.70. The average Bonchev–Trinajstić information content (AvgIpc) is 2.88. The Balaban J connectivity index is 0.00000400. The Labute approximate surface area is 226 Å². The van der Waals surface area contributed by atoms with E-state index < -0.39 is 0 Å². The van der Waals surface area contributed by atoms with E-state index in [0.717, 1.165) is 53.4 Å².